The van der Waals surface area contributed by atoms with E-state index in [-0.39, 0.29) is 60.9 Å². The average molecular weight is 505 g/mol. The molecular weight excluding hydrogens is 477 g/mol. The number of aryl methyl sites for hydroxylation is 1. The van der Waals surface area contributed by atoms with Gasteiger partial charge in [0.05, 0.1) is 36.3 Å². The standard InChI is InChI=1S/C21H25N5O3.3ClH/c1-13-8-16(14-4-2-6-22-10-14)25-20-19(13)24-12-26(21(20)29)11-15(27)9-17-18(28)5-3-7-23-17;;;/h2,4,6,8,10,12,15,17-18,23,27-28H,3,5,7,9,11H2,1H3;3*1H/t15-,17+,18-;;;/m0.../s1. The van der Waals surface area contributed by atoms with E-state index >= 15 is 0 Å². The quantitative estimate of drug-likeness (QED) is 0.488. The van der Waals surface area contributed by atoms with Crippen molar-refractivity contribution in [2.45, 2.75) is 51.0 Å². The van der Waals surface area contributed by atoms with E-state index < -0.39 is 12.2 Å². The first kappa shape index (κ1) is 28.2. The van der Waals surface area contributed by atoms with Gasteiger partial charge in [-0.05, 0) is 56.5 Å². The molecule has 0 aliphatic carbocycles. The van der Waals surface area contributed by atoms with Gasteiger partial charge in [0.1, 0.15) is 0 Å². The van der Waals surface area contributed by atoms with Gasteiger partial charge < -0.3 is 15.5 Å². The predicted molar refractivity (Wildman–Crippen MR) is 131 cm³/mol. The van der Waals surface area contributed by atoms with Crippen LogP contribution in [0.5, 0.6) is 0 Å². The van der Waals surface area contributed by atoms with Crippen LogP contribution in [-0.2, 0) is 6.54 Å². The molecule has 0 amide bonds. The number of pyridine rings is 2. The molecular formula is C21H28Cl3N5O3. The fourth-order valence-corrected chi connectivity index (χ4v) is 3.86. The summed E-state index contributed by atoms with van der Waals surface area (Å²) in [5.74, 6) is 0. The summed E-state index contributed by atoms with van der Waals surface area (Å²) < 4.78 is 1.39. The van der Waals surface area contributed by atoms with Gasteiger partial charge in [0.15, 0.2) is 5.52 Å². The van der Waals surface area contributed by atoms with Crippen molar-refractivity contribution < 1.29 is 10.2 Å². The van der Waals surface area contributed by atoms with Crippen LogP contribution in [0.4, 0.5) is 0 Å². The number of fused-ring (bicyclic) bond motifs is 1. The minimum atomic E-state index is -0.778. The van der Waals surface area contributed by atoms with E-state index in [1.165, 1.54) is 10.9 Å². The normalized spacial score (nSPS) is 18.7. The fraction of sp³-hybridized carbons (Fsp3) is 0.429. The van der Waals surface area contributed by atoms with Crippen LogP contribution >= 0.6 is 37.2 Å². The molecule has 0 unspecified atom stereocenters. The maximum Gasteiger partial charge on any atom is 0.279 e. The van der Waals surface area contributed by atoms with Gasteiger partial charge in [-0.1, -0.05) is 0 Å². The molecule has 4 rings (SSSR count). The first-order valence-corrected chi connectivity index (χ1v) is 9.89. The van der Waals surface area contributed by atoms with Gasteiger partial charge in [-0.3, -0.25) is 14.3 Å². The minimum Gasteiger partial charge on any atom is -0.392 e. The zero-order chi connectivity index (χ0) is 20.4. The van der Waals surface area contributed by atoms with E-state index in [1.54, 1.807) is 12.4 Å². The molecule has 1 aliphatic heterocycles. The van der Waals surface area contributed by atoms with Crippen LogP contribution in [0.15, 0.2) is 41.7 Å². The summed E-state index contributed by atoms with van der Waals surface area (Å²) in [6.45, 7) is 2.82. The summed E-state index contributed by atoms with van der Waals surface area (Å²) in [7, 11) is 0. The first-order chi connectivity index (χ1) is 14.0. The molecule has 1 saturated heterocycles. The van der Waals surface area contributed by atoms with E-state index in [0.717, 1.165) is 30.5 Å². The third kappa shape index (κ3) is 6.15. The van der Waals surface area contributed by atoms with Crippen LogP contribution in [0.3, 0.4) is 0 Å². The smallest absolute Gasteiger partial charge is 0.279 e. The van der Waals surface area contributed by atoms with Crippen LogP contribution in [0.25, 0.3) is 22.3 Å². The monoisotopic (exact) mass is 503 g/mol. The molecule has 1 aliphatic rings. The van der Waals surface area contributed by atoms with Crippen LogP contribution in [0, 0.1) is 6.92 Å². The topological polar surface area (TPSA) is 113 Å². The SMILES string of the molecule is Cc1cc(-c2cccnc2)nc2c(=O)n(C[C@@H](O)C[C@H]3NCCC[C@@H]3O)cnc12.Cl.Cl.Cl. The lowest BCUT2D eigenvalue weighted by molar-refractivity contribution is 0.0539. The van der Waals surface area contributed by atoms with Crippen LogP contribution < -0.4 is 10.9 Å². The number of hydrogen-bond donors (Lipinski definition) is 3. The van der Waals surface area contributed by atoms with Gasteiger partial charge in [0, 0.05) is 24.0 Å². The molecule has 4 heterocycles. The van der Waals surface area contributed by atoms with Gasteiger partial charge in [-0.2, -0.15) is 0 Å². The molecule has 0 bridgehead atoms. The predicted octanol–water partition coefficient (Wildman–Crippen LogP) is 2.29. The van der Waals surface area contributed by atoms with Crippen molar-refractivity contribution in [3.8, 4) is 11.3 Å². The Labute approximate surface area is 204 Å². The molecule has 32 heavy (non-hydrogen) atoms. The molecule has 3 aromatic rings. The van der Waals surface area contributed by atoms with Crippen molar-refractivity contribution in [3.05, 3.63) is 52.8 Å². The van der Waals surface area contributed by atoms with Crippen molar-refractivity contribution >= 4 is 48.3 Å². The molecule has 176 valence electrons. The van der Waals surface area contributed by atoms with E-state index in [9.17, 15) is 15.0 Å². The number of aliphatic hydroxyl groups excluding tert-OH is 2. The zero-order valence-corrected chi connectivity index (χ0v) is 20.0. The molecule has 0 aromatic carbocycles. The highest BCUT2D eigenvalue weighted by Gasteiger charge is 2.25. The Morgan fingerprint density at radius 3 is 2.75 bits per heavy atom. The Balaban J connectivity index is 0.00000171. The largest absolute Gasteiger partial charge is 0.392 e. The first-order valence-electron chi connectivity index (χ1n) is 9.89. The summed E-state index contributed by atoms with van der Waals surface area (Å²) in [4.78, 5) is 26.1. The van der Waals surface area contributed by atoms with E-state index in [1.807, 2.05) is 25.1 Å². The molecule has 3 aromatic heterocycles. The van der Waals surface area contributed by atoms with Gasteiger partial charge in [-0.15, -0.1) is 37.2 Å². The van der Waals surface area contributed by atoms with Gasteiger partial charge in [0.25, 0.3) is 5.56 Å². The number of aromatic nitrogens is 4. The molecule has 0 saturated carbocycles. The molecule has 8 nitrogen and oxygen atoms in total. The minimum absolute atomic E-state index is 0. The number of aliphatic hydroxyl groups is 2. The van der Waals surface area contributed by atoms with Gasteiger partial charge >= 0.3 is 0 Å². The zero-order valence-electron chi connectivity index (χ0n) is 17.5. The highest BCUT2D eigenvalue weighted by Crippen LogP contribution is 2.21. The third-order valence-corrected chi connectivity index (χ3v) is 5.41. The number of halogens is 3. The molecule has 0 radical (unpaired) electrons. The lowest BCUT2D eigenvalue weighted by Crippen LogP contribution is -2.47. The maximum absolute atomic E-state index is 13.0. The lowest BCUT2D eigenvalue weighted by atomic mass is 9.96. The van der Waals surface area contributed by atoms with E-state index in [2.05, 4.69) is 20.3 Å². The van der Waals surface area contributed by atoms with Crippen molar-refractivity contribution in [3.63, 3.8) is 0 Å². The number of hydrogen-bond acceptors (Lipinski definition) is 7. The molecule has 11 heteroatoms. The third-order valence-electron chi connectivity index (χ3n) is 5.41. The molecule has 0 spiro atoms. The number of nitrogens with one attached hydrogen (secondary N) is 1. The Kier molecular flexibility index (Phi) is 11.0. The highest BCUT2D eigenvalue weighted by atomic mass is 35.5. The Morgan fingerprint density at radius 1 is 1.28 bits per heavy atom. The van der Waals surface area contributed by atoms with Crippen LogP contribution in [0.2, 0.25) is 0 Å². The second kappa shape index (κ2) is 12.4. The van der Waals surface area contributed by atoms with Gasteiger partial charge in [0.2, 0.25) is 0 Å². The average Bonchev–Trinajstić information content (AvgIpc) is 2.72. The van der Waals surface area contributed by atoms with Crippen LogP contribution in [-0.4, -0.2) is 54.5 Å². The Bertz CT molecular complexity index is 1070. The molecule has 1 fully saturated rings. The van der Waals surface area contributed by atoms with Crippen molar-refractivity contribution in [2.75, 3.05) is 6.54 Å². The second-order valence-corrected chi connectivity index (χ2v) is 7.63. The van der Waals surface area contributed by atoms with Crippen LogP contribution in [0.1, 0.15) is 24.8 Å². The summed E-state index contributed by atoms with van der Waals surface area (Å²) in [6.07, 6.45) is 5.61. The number of rotatable bonds is 5. The second-order valence-electron chi connectivity index (χ2n) is 7.63. The van der Waals surface area contributed by atoms with Crippen molar-refractivity contribution in [1.29, 1.82) is 0 Å². The van der Waals surface area contributed by atoms with Gasteiger partial charge in [-0.25, -0.2) is 9.97 Å². The summed E-state index contributed by atoms with van der Waals surface area (Å²) in [5.41, 5.74) is 2.87. The van der Waals surface area contributed by atoms with Crippen molar-refractivity contribution in [1.82, 2.24) is 24.8 Å². The van der Waals surface area contributed by atoms with Crippen molar-refractivity contribution in [2.24, 2.45) is 0 Å². The highest BCUT2D eigenvalue weighted by molar-refractivity contribution is 5.86. The maximum atomic E-state index is 13.0. The molecule has 3 N–H and O–H groups in total. The number of nitrogens with zero attached hydrogens (tertiary/aromatic N) is 4. The summed E-state index contributed by atoms with van der Waals surface area (Å²) >= 11 is 0. The summed E-state index contributed by atoms with van der Waals surface area (Å²) in [5, 5.41) is 23.8. The fourth-order valence-electron chi connectivity index (χ4n) is 3.86. The number of piperidine rings is 1. The summed E-state index contributed by atoms with van der Waals surface area (Å²) in [6, 6.07) is 5.44. The van der Waals surface area contributed by atoms with E-state index in [4.69, 9.17) is 0 Å². The Morgan fingerprint density at radius 2 is 2.06 bits per heavy atom. The van der Waals surface area contributed by atoms with E-state index in [0.29, 0.717) is 17.6 Å². The Hall–Kier alpha value is -1.81. The molecule has 3 atom stereocenters. The lowest BCUT2D eigenvalue weighted by Gasteiger charge is -2.30.